The normalized spacial score (nSPS) is 10.2. The molecule has 0 saturated carbocycles. The largest absolute Gasteiger partial charge is 0.397 e. The fourth-order valence-electron chi connectivity index (χ4n) is 1.29. The number of hydrogen-bond donors (Lipinski definition) is 2. The lowest BCUT2D eigenvalue weighted by atomic mass is 10.2. The summed E-state index contributed by atoms with van der Waals surface area (Å²) in [5.41, 5.74) is 6.14. The van der Waals surface area contributed by atoms with Crippen molar-refractivity contribution in [2.24, 2.45) is 7.05 Å². The molecule has 3 N–H and O–H groups in total. The highest BCUT2D eigenvalue weighted by Crippen LogP contribution is 2.16. The van der Waals surface area contributed by atoms with Gasteiger partial charge in [-0.3, -0.25) is 9.48 Å². The molecule has 88 valence electrons. The van der Waals surface area contributed by atoms with Crippen LogP contribution < -0.4 is 11.1 Å². The number of nitrogen functional groups attached to an aromatic ring is 1. The second-order valence-corrected chi connectivity index (χ2v) is 3.79. The standard InChI is InChI=1S/C10H10ClN5O/c1-16-3-2-8(15-16)14-10(17)7-4-6(12)5-13-9(7)11/h2-5H,12H2,1H3,(H,14,15,17). The van der Waals surface area contributed by atoms with Crippen molar-refractivity contribution in [2.45, 2.75) is 0 Å². The van der Waals surface area contributed by atoms with Crippen LogP contribution in [0, 0.1) is 0 Å². The molecule has 0 saturated heterocycles. The molecule has 0 atom stereocenters. The van der Waals surface area contributed by atoms with Gasteiger partial charge in [-0.25, -0.2) is 4.98 Å². The van der Waals surface area contributed by atoms with E-state index in [-0.39, 0.29) is 10.7 Å². The average Bonchev–Trinajstić information content (AvgIpc) is 2.67. The molecule has 2 rings (SSSR count). The first-order chi connectivity index (χ1) is 8.06. The van der Waals surface area contributed by atoms with Gasteiger partial charge >= 0.3 is 0 Å². The van der Waals surface area contributed by atoms with Gasteiger partial charge in [0, 0.05) is 19.3 Å². The Morgan fingerprint density at radius 2 is 2.35 bits per heavy atom. The lowest BCUT2D eigenvalue weighted by molar-refractivity contribution is 0.102. The van der Waals surface area contributed by atoms with E-state index in [0.717, 1.165) is 0 Å². The maximum atomic E-state index is 11.9. The lowest BCUT2D eigenvalue weighted by Gasteiger charge is -2.04. The molecule has 0 aliphatic carbocycles. The third-order valence-electron chi connectivity index (χ3n) is 2.06. The minimum absolute atomic E-state index is 0.104. The first-order valence-electron chi connectivity index (χ1n) is 4.78. The molecular weight excluding hydrogens is 242 g/mol. The van der Waals surface area contributed by atoms with Crippen LogP contribution in [0.2, 0.25) is 5.15 Å². The van der Waals surface area contributed by atoms with Crippen molar-refractivity contribution >= 4 is 29.0 Å². The van der Waals surface area contributed by atoms with Gasteiger partial charge in [0.1, 0.15) is 5.15 Å². The number of carbonyl (C=O) groups is 1. The molecule has 0 aromatic carbocycles. The van der Waals surface area contributed by atoms with Crippen molar-refractivity contribution < 1.29 is 4.79 Å². The molecule has 2 aromatic heterocycles. The predicted octanol–water partition coefficient (Wildman–Crippen LogP) is 1.30. The third-order valence-corrected chi connectivity index (χ3v) is 2.36. The van der Waals surface area contributed by atoms with Crippen LogP contribution >= 0.6 is 11.6 Å². The van der Waals surface area contributed by atoms with Gasteiger partial charge in [0.2, 0.25) is 0 Å². The minimum atomic E-state index is -0.395. The highest BCUT2D eigenvalue weighted by atomic mass is 35.5. The van der Waals surface area contributed by atoms with Gasteiger partial charge in [-0.1, -0.05) is 11.6 Å². The molecule has 17 heavy (non-hydrogen) atoms. The van der Waals surface area contributed by atoms with Crippen LogP contribution in [-0.2, 0) is 7.05 Å². The summed E-state index contributed by atoms with van der Waals surface area (Å²) in [6, 6.07) is 3.14. The van der Waals surface area contributed by atoms with Crippen molar-refractivity contribution in [1.82, 2.24) is 14.8 Å². The SMILES string of the molecule is Cn1ccc(NC(=O)c2cc(N)cnc2Cl)n1. The fourth-order valence-corrected chi connectivity index (χ4v) is 1.48. The highest BCUT2D eigenvalue weighted by molar-refractivity contribution is 6.33. The van der Waals surface area contributed by atoms with Crippen LogP contribution in [-0.4, -0.2) is 20.7 Å². The molecule has 0 radical (unpaired) electrons. The van der Waals surface area contributed by atoms with Crippen molar-refractivity contribution in [3.05, 3.63) is 35.2 Å². The number of nitrogens with one attached hydrogen (secondary N) is 1. The zero-order valence-corrected chi connectivity index (χ0v) is 9.77. The monoisotopic (exact) mass is 251 g/mol. The number of rotatable bonds is 2. The Balaban J connectivity index is 2.22. The van der Waals surface area contributed by atoms with Gasteiger partial charge in [-0.2, -0.15) is 5.10 Å². The molecule has 1 amide bonds. The molecule has 0 bridgehead atoms. The summed E-state index contributed by atoms with van der Waals surface area (Å²) in [5, 5.41) is 6.72. The number of nitrogens with two attached hydrogens (primary N) is 1. The molecule has 0 aliphatic rings. The number of nitrogens with zero attached hydrogens (tertiary/aromatic N) is 3. The highest BCUT2D eigenvalue weighted by Gasteiger charge is 2.13. The van der Waals surface area contributed by atoms with Gasteiger partial charge in [-0.15, -0.1) is 0 Å². The molecule has 0 aliphatic heterocycles. The number of hydrogen-bond acceptors (Lipinski definition) is 4. The van der Waals surface area contributed by atoms with Gasteiger partial charge in [-0.05, 0) is 6.07 Å². The van der Waals surface area contributed by atoms with Crippen LogP contribution in [0.4, 0.5) is 11.5 Å². The Labute approximate surface area is 102 Å². The van der Waals surface area contributed by atoms with E-state index in [4.69, 9.17) is 17.3 Å². The Kier molecular flexibility index (Phi) is 2.97. The number of halogens is 1. The first kappa shape index (κ1) is 11.4. The smallest absolute Gasteiger partial charge is 0.260 e. The number of carbonyl (C=O) groups excluding carboxylic acids is 1. The maximum Gasteiger partial charge on any atom is 0.260 e. The van der Waals surface area contributed by atoms with Crippen LogP contribution in [0.25, 0.3) is 0 Å². The number of pyridine rings is 1. The third kappa shape index (κ3) is 2.54. The summed E-state index contributed by atoms with van der Waals surface area (Å²) < 4.78 is 1.58. The molecule has 6 nitrogen and oxygen atoms in total. The Morgan fingerprint density at radius 1 is 1.59 bits per heavy atom. The van der Waals surface area contributed by atoms with Crippen LogP contribution in [0.1, 0.15) is 10.4 Å². The fraction of sp³-hybridized carbons (Fsp3) is 0.100. The summed E-state index contributed by atoms with van der Waals surface area (Å²) >= 11 is 5.81. The first-order valence-corrected chi connectivity index (χ1v) is 5.16. The molecule has 0 spiro atoms. The van der Waals surface area contributed by atoms with E-state index < -0.39 is 5.91 Å². The van der Waals surface area contributed by atoms with E-state index >= 15 is 0 Å². The summed E-state index contributed by atoms with van der Waals surface area (Å²) in [7, 11) is 1.75. The van der Waals surface area contributed by atoms with Gasteiger partial charge in [0.25, 0.3) is 5.91 Å². The van der Waals surface area contributed by atoms with E-state index in [1.54, 1.807) is 24.0 Å². The zero-order valence-electron chi connectivity index (χ0n) is 9.01. The maximum absolute atomic E-state index is 11.9. The molecule has 2 aromatic rings. The quantitative estimate of drug-likeness (QED) is 0.788. The minimum Gasteiger partial charge on any atom is -0.397 e. The summed E-state index contributed by atoms with van der Waals surface area (Å²) in [5.74, 6) is 0.0458. The van der Waals surface area contributed by atoms with E-state index in [9.17, 15) is 4.79 Å². The van der Waals surface area contributed by atoms with Crippen molar-refractivity contribution in [3.63, 3.8) is 0 Å². The molecule has 0 unspecified atom stereocenters. The number of aryl methyl sites for hydroxylation is 1. The van der Waals surface area contributed by atoms with E-state index in [0.29, 0.717) is 11.5 Å². The van der Waals surface area contributed by atoms with E-state index in [1.807, 2.05) is 0 Å². The number of aromatic nitrogens is 3. The van der Waals surface area contributed by atoms with E-state index in [1.165, 1.54) is 12.3 Å². The molecule has 2 heterocycles. The summed E-state index contributed by atoms with van der Waals surface area (Å²) in [6.07, 6.45) is 3.11. The van der Waals surface area contributed by atoms with Crippen LogP contribution in [0.5, 0.6) is 0 Å². The topological polar surface area (TPSA) is 85.8 Å². The number of amides is 1. The molecule has 0 fully saturated rings. The van der Waals surface area contributed by atoms with Crippen molar-refractivity contribution in [1.29, 1.82) is 0 Å². The van der Waals surface area contributed by atoms with Gasteiger partial charge in [0.15, 0.2) is 5.82 Å². The second-order valence-electron chi connectivity index (χ2n) is 3.44. The number of anilines is 2. The summed E-state index contributed by atoms with van der Waals surface area (Å²) in [4.78, 5) is 15.7. The molecule has 7 heteroatoms. The van der Waals surface area contributed by atoms with Gasteiger partial charge < -0.3 is 11.1 Å². The second kappa shape index (κ2) is 4.42. The Hall–Kier alpha value is -2.08. The zero-order chi connectivity index (χ0) is 12.4. The van der Waals surface area contributed by atoms with Crippen LogP contribution in [0.3, 0.4) is 0 Å². The van der Waals surface area contributed by atoms with Gasteiger partial charge in [0.05, 0.1) is 17.4 Å². The van der Waals surface area contributed by atoms with E-state index in [2.05, 4.69) is 15.4 Å². The van der Waals surface area contributed by atoms with Crippen molar-refractivity contribution in [3.8, 4) is 0 Å². The lowest BCUT2D eigenvalue weighted by Crippen LogP contribution is -2.14. The average molecular weight is 252 g/mol. The summed E-state index contributed by atoms with van der Waals surface area (Å²) in [6.45, 7) is 0. The predicted molar refractivity (Wildman–Crippen MR) is 64.8 cm³/mol. The Morgan fingerprint density at radius 3 is 3.00 bits per heavy atom. The van der Waals surface area contributed by atoms with Crippen LogP contribution in [0.15, 0.2) is 24.5 Å². The van der Waals surface area contributed by atoms with Crippen molar-refractivity contribution in [2.75, 3.05) is 11.1 Å². The molecular formula is C10H10ClN5O. The Bertz CT molecular complexity index is 566.